The van der Waals surface area contributed by atoms with Crippen LogP contribution in [0, 0.1) is 0 Å². The normalized spacial score (nSPS) is 12.6. The summed E-state index contributed by atoms with van der Waals surface area (Å²) in [5, 5.41) is 8.18. The number of hydrogen-bond acceptors (Lipinski definition) is 3. The lowest BCUT2D eigenvalue weighted by atomic mass is 10.0. The average Bonchev–Trinajstić information content (AvgIpc) is 2.78. The summed E-state index contributed by atoms with van der Waals surface area (Å²) in [6.07, 6.45) is 7.21. The van der Waals surface area contributed by atoms with E-state index in [0.717, 1.165) is 18.4 Å². The van der Waals surface area contributed by atoms with E-state index in [1.165, 1.54) is 5.69 Å². The van der Waals surface area contributed by atoms with Crippen LogP contribution in [0.2, 0.25) is 5.02 Å². The van der Waals surface area contributed by atoms with E-state index in [4.69, 9.17) is 11.6 Å². The predicted molar refractivity (Wildman–Crippen MR) is 72.6 cm³/mol. The highest BCUT2D eigenvalue weighted by atomic mass is 35.5. The highest BCUT2D eigenvalue weighted by molar-refractivity contribution is 6.31. The summed E-state index contributed by atoms with van der Waals surface area (Å²) >= 11 is 6.17. The molecule has 0 fully saturated rings. The van der Waals surface area contributed by atoms with Crippen LogP contribution in [0.25, 0.3) is 0 Å². The Balaban J connectivity index is 2.07. The second-order valence-corrected chi connectivity index (χ2v) is 4.63. The van der Waals surface area contributed by atoms with Crippen LogP contribution >= 0.6 is 11.6 Å². The molecule has 4 nitrogen and oxygen atoms in total. The van der Waals surface area contributed by atoms with E-state index >= 15 is 0 Å². The lowest BCUT2D eigenvalue weighted by molar-refractivity contribution is 0.535. The summed E-state index contributed by atoms with van der Waals surface area (Å²) in [5.41, 5.74) is 2.32. The molecule has 0 amide bonds. The molecule has 0 aromatic carbocycles. The lowest BCUT2D eigenvalue weighted by Crippen LogP contribution is -2.18. The first-order valence-electron chi connectivity index (χ1n) is 5.96. The van der Waals surface area contributed by atoms with E-state index in [9.17, 15) is 0 Å². The Bertz CT molecular complexity index is 509. The number of rotatable bonds is 5. The molecule has 1 N–H and O–H groups in total. The van der Waals surface area contributed by atoms with Crippen molar-refractivity contribution in [2.45, 2.75) is 18.9 Å². The van der Waals surface area contributed by atoms with Crippen molar-refractivity contribution in [3.63, 3.8) is 0 Å². The third-order valence-corrected chi connectivity index (χ3v) is 3.46. The standard InChI is InChI=1S/C13H17ClN4/c1-15-13(11-6-7-16-9-12(11)14)4-3-10-5-8-17-18(10)2/h5-9,13,15H,3-4H2,1-2H3. The van der Waals surface area contributed by atoms with Gasteiger partial charge in [0.05, 0.1) is 5.02 Å². The molecule has 5 heteroatoms. The van der Waals surface area contributed by atoms with Crippen molar-refractivity contribution < 1.29 is 0 Å². The summed E-state index contributed by atoms with van der Waals surface area (Å²) in [4.78, 5) is 4.01. The van der Waals surface area contributed by atoms with E-state index in [-0.39, 0.29) is 6.04 Å². The molecule has 1 unspecified atom stereocenters. The van der Waals surface area contributed by atoms with Gasteiger partial charge in [-0.15, -0.1) is 0 Å². The Morgan fingerprint density at radius 3 is 2.83 bits per heavy atom. The Morgan fingerprint density at radius 1 is 1.39 bits per heavy atom. The van der Waals surface area contributed by atoms with Gasteiger partial charge in [0.2, 0.25) is 0 Å². The largest absolute Gasteiger partial charge is 0.313 e. The van der Waals surface area contributed by atoms with Crippen molar-refractivity contribution in [1.29, 1.82) is 0 Å². The molecule has 0 spiro atoms. The van der Waals surface area contributed by atoms with Crippen LogP contribution in [-0.4, -0.2) is 21.8 Å². The molecule has 0 aliphatic carbocycles. The van der Waals surface area contributed by atoms with Crippen LogP contribution < -0.4 is 5.32 Å². The average molecular weight is 265 g/mol. The number of nitrogens with one attached hydrogen (secondary N) is 1. The van der Waals surface area contributed by atoms with Crippen LogP contribution in [-0.2, 0) is 13.5 Å². The van der Waals surface area contributed by atoms with Gasteiger partial charge in [-0.2, -0.15) is 5.10 Å². The summed E-state index contributed by atoms with van der Waals surface area (Å²) in [6.45, 7) is 0. The van der Waals surface area contributed by atoms with Gasteiger partial charge in [-0.3, -0.25) is 9.67 Å². The topological polar surface area (TPSA) is 42.7 Å². The molecule has 0 saturated heterocycles. The second kappa shape index (κ2) is 5.98. The molecule has 1 atom stereocenters. The van der Waals surface area contributed by atoms with E-state index in [1.54, 1.807) is 12.4 Å². The molecule has 0 bridgehead atoms. The van der Waals surface area contributed by atoms with E-state index in [1.807, 2.05) is 37.1 Å². The second-order valence-electron chi connectivity index (χ2n) is 4.22. The zero-order valence-corrected chi connectivity index (χ0v) is 11.4. The van der Waals surface area contributed by atoms with Crippen molar-refractivity contribution in [2.75, 3.05) is 7.05 Å². The number of pyridine rings is 1. The summed E-state index contributed by atoms with van der Waals surface area (Å²) in [5.74, 6) is 0. The molecule has 2 aromatic heterocycles. The maximum absolute atomic E-state index is 6.17. The third kappa shape index (κ3) is 2.89. The van der Waals surface area contributed by atoms with Gasteiger partial charge in [-0.1, -0.05) is 11.6 Å². The lowest BCUT2D eigenvalue weighted by Gasteiger charge is -2.17. The number of aryl methyl sites for hydroxylation is 2. The highest BCUT2D eigenvalue weighted by Gasteiger charge is 2.13. The van der Waals surface area contributed by atoms with E-state index in [0.29, 0.717) is 5.02 Å². The Labute approximate surface area is 112 Å². The maximum atomic E-state index is 6.17. The maximum Gasteiger partial charge on any atom is 0.0637 e. The SMILES string of the molecule is CNC(CCc1ccnn1C)c1ccncc1Cl. The predicted octanol–water partition coefficient (Wildman–Crippen LogP) is 2.36. The number of halogens is 1. The molecule has 2 rings (SSSR count). The molecular formula is C13H17ClN4. The van der Waals surface area contributed by atoms with E-state index < -0.39 is 0 Å². The fourth-order valence-electron chi connectivity index (χ4n) is 2.06. The number of aromatic nitrogens is 3. The van der Waals surface area contributed by atoms with Gasteiger partial charge < -0.3 is 5.32 Å². The van der Waals surface area contributed by atoms with Crippen LogP contribution in [0.15, 0.2) is 30.7 Å². The monoisotopic (exact) mass is 264 g/mol. The first-order chi connectivity index (χ1) is 8.72. The van der Waals surface area contributed by atoms with Gasteiger partial charge in [-0.05, 0) is 37.6 Å². The minimum atomic E-state index is 0.232. The minimum absolute atomic E-state index is 0.232. The third-order valence-electron chi connectivity index (χ3n) is 3.14. The summed E-state index contributed by atoms with van der Waals surface area (Å²) in [6, 6.07) is 4.24. The van der Waals surface area contributed by atoms with Crippen LogP contribution in [0.5, 0.6) is 0 Å². The van der Waals surface area contributed by atoms with Crippen molar-refractivity contribution in [3.8, 4) is 0 Å². The van der Waals surface area contributed by atoms with Crippen molar-refractivity contribution in [2.24, 2.45) is 7.05 Å². The van der Waals surface area contributed by atoms with Gasteiger partial charge in [0.25, 0.3) is 0 Å². The quantitative estimate of drug-likeness (QED) is 0.902. The van der Waals surface area contributed by atoms with Gasteiger partial charge in [0, 0.05) is 37.4 Å². The Kier molecular flexibility index (Phi) is 4.33. The van der Waals surface area contributed by atoms with Gasteiger partial charge in [0.1, 0.15) is 0 Å². The van der Waals surface area contributed by atoms with Crippen molar-refractivity contribution in [3.05, 3.63) is 47.0 Å². The number of nitrogens with zero attached hydrogens (tertiary/aromatic N) is 3. The smallest absolute Gasteiger partial charge is 0.0637 e. The van der Waals surface area contributed by atoms with Crippen LogP contribution in [0.3, 0.4) is 0 Å². The summed E-state index contributed by atoms with van der Waals surface area (Å²) < 4.78 is 1.90. The fourth-order valence-corrected chi connectivity index (χ4v) is 2.31. The van der Waals surface area contributed by atoms with Gasteiger partial charge in [0.15, 0.2) is 0 Å². The molecule has 2 heterocycles. The zero-order valence-electron chi connectivity index (χ0n) is 10.6. The molecule has 0 saturated carbocycles. The first-order valence-corrected chi connectivity index (χ1v) is 6.33. The van der Waals surface area contributed by atoms with E-state index in [2.05, 4.69) is 15.4 Å². The molecule has 2 aromatic rings. The molecule has 96 valence electrons. The van der Waals surface area contributed by atoms with Crippen molar-refractivity contribution >= 4 is 11.6 Å². The molecule has 0 radical (unpaired) electrons. The number of hydrogen-bond donors (Lipinski definition) is 1. The minimum Gasteiger partial charge on any atom is -0.313 e. The molecule has 18 heavy (non-hydrogen) atoms. The van der Waals surface area contributed by atoms with Gasteiger partial charge in [-0.25, -0.2) is 0 Å². The summed E-state index contributed by atoms with van der Waals surface area (Å²) in [7, 11) is 3.91. The Morgan fingerprint density at radius 2 is 2.22 bits per heavy atom. The Hall–Kier alpha value is -1.39. The molecule has 0 aliphatic heterocycles. The fraction of sp³-hybridized carbons (Fsp3) is 0.385. The van der Waals surface area contributed by atoms with Crippen LogP contribution in [0.4, 0.5) is 0 Å². The molecule has 0 aliphatic rings. The van der Waals surface area contributed by atoms with Crippen LogP contribution in [0.1, 0.15) is 23.7 Å². The van der Waals surface area contributed by atoms with Gasteiger partial charge >= 0.3 is 0 Å². The molecular weight excluding hydrogens is 248 g/mol. The van der Waals surface area contributed by atoms with Crippen molar-refractivity contribution in [1.82, 2.24) is 20.1 Å². The highest BCUT2D eigenvalue weighted by Crippen LogP contribution is 2.25. The zero-order chi connectivity index (χ0) is 13.0. The first kappa shape index (κ1) is 13.1.